The fourth-order valence-corrected chi connectivity index (χ4v) is 3.08. The Morgan fingerprint density at radius 3 is 2.96 bits per heavy atom. The van der Waals surface area contributed by atoms with Crippen molar-refractivity contribution in [3.63, 3.8) is 0 Å². The molecule has 3 rings (SSSR count). The number of aromatic nitrogens is 2. The van der Waals surface area contributed by atoms with Crippen LogP contribution in [-0.4, -0.2) is 33.9 Å². The number of nitrogens with two attached hydrogens (primary N) is 1. The number of thioether (sulfide) groups is 1. The molecule has 1 saturated carbocycles. The number of nitrogens with zero attached hydrogens (tertiary/aromatic N) is 1. The highest BCUT2D eigenvalue weighted by Gasteiger charge is 2.22. The minimum Gasteiger partial charge on any atom is -0.342 e. The average Bonchev–Trinajstić information content (AvgIpc) is 2.85. The van der Waals surface area contributed by atoms with Gasteiger partial charge in [-0.3, -0.25) is 4.79 Å². The Labute approximate surface area is 146 Å². The lowest BCUT2D eigenvalue weighted by Crippen LogP contribution is -2.36. The van der Waals surface area contributed by atoms with E-state index in [4.69, 9.17) is 5.73 Å². The lowest BCUT2D eigenvalue weighted by molar-refractivity contribution is -0.117. The highest BCUT2D eigenvalue weighted by atomic mass is 35.5. The van der Waals surface area contributed by atoms with Gasteiger partial charge in [0, 0.05) is 11.6 Å². The molecule has 126 valence electrons. The molecule has 1 aliphatic rings. The van der Waals surface area contributed by atoms with E-state index in [1.807, 2.05) is 24.5 Å². The topological polar surface area (TPSA) is 83.8 Å². The number of hydrogen-bond acceptors (Lipinski definition) is 4. The number of H-pyrrole nitrogens is 1. The molecule has 0 bridgehead atoms. The van der Waals surface area contributed by atoms with Gasteiger partial charge in [0.05, 0.1) is 17.1 Å². The van der Waals surface area contributed by atoms with Crippen molar-refractivity contribution in [2.24, 2.45) is 5.73 Å². The summed E-state index contributed by atoms with van der Waals surface area (Å²) < 4.78 is 0. The monoisotopic (exact) mass is 354 g/mol. The number of hydrogen-bond donors (Lipinski definition) is 3. The molecule has 7 heteroatoms. The van der Waals surface area contributed by atoms with Crippen molar-refractivity contribution in [1.82, 2.24) is 9.97 Å². The molecule has 1 fully saturated rings. The Morgan fingerprint density at radius 1 is 1.52 bits per heavy atom. The predicted molar refractivity (Wildman–Crippen MR) is 99.5 cm³/mol. The zero-order valence-electron chi connectivity index (χ0n) is 13.2. The molecule has 2 aromatic rings. The average molecular weight is 355 g/mol. The summed E-state index contributed by atoms with van der Waals surface area (Å²) in [4.78, 5) is 20.1. The van der Waals surface area contributed by atoms with Crippen LogP contribution in [0.25, 0.3) is 11.0 Å². The van der Waals surface area contributed by atoms with Gasteiger partial charge in [-0.25, -0.2) is 4.98 Å². The first-order valence-electron chi connectivity index (χ1n) is 7.72. The molecule has 23 heavy (non-hydrogen) atoms. The number of halogens is 1. The van der Waals surface area contributed by atoms with E-state index in [1.165, 1.54) is 19.3 Å². The first-order chi connectivity index (χ1) is 10.7. The molecular formula is C16H23ClN4OS. The number of anilines is 1. The van der Waals surface area contributed by atoms with Gasteiger partial charge in [-0.1, -0.05) is 6.42 Å². The molecule has 4 N–H and O–H groups in total. The highest BCUT2D eigenvalue weighted by molar-refractivity contribution is 7.98. The molecule has 1 heterocycles. The van der Waals surface area contributed by atoms with E-state index in [-0.39, 0.29) is 18.3 Å². The maximum Gasteiger partial charge on any atom is 0.241 e. The van der Waals surface area contributed by atoms with Gasteiger partial charge < -0.3 is 16.0 Å². The number of amides is 1. The lowest BCUT2D eigenvalue weighted by Gasteiger charge is -2.22. The van der Waals surface area contributed by atoms with Gasteiger partial charge in [0.25, 0.3) is 0 Å². The van der Waals surface area contributed by atoms with E-state index in [9.17, 15) is 4.79 Å². The third-order valence-electron chi connectivity index (χ3n) is 4.23. The Balaban J connectivity index is 0.00000192. The van der Waals surface area contributed by atoms with Crippen molar-refractivity contribution in [3.8, 4) is 0 Å². The highest BCUT2D eigenvalue weighted by Crippen LogP contribution is 2.35. The first kappa shape index (κ1) is 18.1. The molecule has 1 atom stereocenters. The fourth-order valence-electron chi connectivity index (χ4n) is 2.59. The molecule has 1 aromatic carbocycles. The minimum atomic E-state index is -0.463. The van der Waals surface area contributed by atoms with Crippen LogP contribution >= 0.6 is 24.2 Å². The van der Waals surface area contributed by atoms with E-state index < -0.39 is 6.04 Å². The number of imidazole rings is 1. The largest absolute Gasteiger partial charge is 0.342 e. The Kier molecular flexibility index (Phi) is 6.33. The smallest absolute Gasteiger partial charge is 0.241 e. The zero-order chi connectivity index (χ0) is 15.5. The molecule has 0 unspecified atom stereocenters. The first-order valence-corrected chi connectivity index (χ1v) is 9.12. The Bertz CT molecular complexity index is 671. The van der Waals surface area contributed by atoms with E-state index in [0.717, 1.165) is 28.3 Å². The molecule has 0 saturated heterocycles. The maximum absolute atomic E-state index is 12.1. The van der Waals surface area contributed by atoms with Gasteiger partial charge in [0.15, 0.2) is 0 Å². The fraction of sp³-hybridized carbons (Fsp3) is 0.500. The number of carbonyl (C=O) groups excluding carboxylic acids is 1. The number of fused-ring (bicyclic) bond motifs is 1. The summed E-state index contributed by atoms with van der Waals surface area (Å²) in [6, 6.07) is 5.30. The Morgan fingerprint density at radius 2 is 2.30 bits per heavy atom. The molecule has 0 aliphatic heterocycles. The molecule has 1 aliphatic carbocycles. The maximum atomic E-state index is 12.1. The van der Waals surface area contributed by atoms with E-state index in [1.54, 1.807) is 11.8 Å². The van der Waals surface area contributed by atoms with E-state index in [2.05, 4.69) is 15.3 Å². The summed E-state index contributed by atoms with van der Waals surface area (Å²) in [6.07, 6.45) is 6.42. The number of nitrogens with one attached hydrogen (secondary N) is 2. The Hall–Kier alpha value is -1.24. The van der Waals surface area contributed by atoms with Crippen LogP contribution in [0.4, 0.5) is 5.69 Å². The third kappa shape index (κ3) is 4.19. The third-order valence-corrected chi connectivity index (χ3v) is 4.87. The van der Waals surface area contributed by atoms with Gasteiger partial charge in [0.1, 0.15) is 5.82 Å². The number of aromatic amines is 1. The molecule has 5 nitrogen and oxygen atoms in total. The number of rotatable bonds is 6. The van der Waals surface area contributed by atoms with Gasteiger partial charge in [0.2, 0.25) is 5.91 Å². The minimum absolute atomic E-state index is 0. The summed E-state index contributed by atoms with van der Waals surface area (Å²) in [7, 11) is 0. The van der Waals surface area contributed by atoms with Crippen LogP contribution in [0, 0.1) is 0 Å². The molecule has 1 amide bonds. The normalized spacial score (nSPS) is 15.7. The van der Waals surface area contributed by atoms with Crippen molar-refractivity contribution >= 4 is 46.8 Å². The van der Waals surface area contributed by atoms with E-state index in [0.29, 0.717) is 12.3 Å². The van der Waals surface area contributed by atoms with Crippen LogP contribution in [0.1, 0.15) is 37.4 Å². The second kappa shape index (κ2) is 8.04. The summed E-state index contributed by atoms with van der Waals surface area (Å²) in [5, 5.41) is 2.89. The SMILES string of the molecule is CSCC[C@H](N)C(=O)Nc1ccc2nc(C3CCC3)[nH]c2c1.Cl. The summed E-state index contributed by atoms with van der Waals surface area (Å²) >= 11 is 1.70. The van der Waals surface area contributed by atoms with Gasteiger partial charge >= 0.3 is 0 Å². The van der Waals surface area contributed by atoms with Crippen LogP contribution in [0.2, 0.25) is 0 Å². The number of benzene rings is 1. The number of carbonyl (C=O) groups is 1. The van der Waals surface area contributed by atoms with Crippen molar-refractivity contribution in [3.05, 3.63) is 24.0 Å². The van der Waals surface area contributed by atoms with Gasteiger partial charge in [-0.05, 0) is 49.5 Å². The molecule has 0 spiro atoms. The standard InChI is InChI=1S/C16H22N4OS.ClH/c1-22-8-7-12(17)16(21)18-11-5-6-13-14(9-11)20-15(19-13)10-3-2-4-10;/h5-6,9-10,12H,2-4,7-8,17H2,1H3,(H,18,21)(H,19,20);1H/t12-;/m0./s1. The van der Waals surface area contributed by atoms with Gasteiger partial charge in [-0.15, -0.1) is 12.4 Å². The summed E-state index contributed by atoms with van der Waals surface area (Å²) in [5.74, 6) is 2.40. The quantitative estimate of drug-likeness (QED) is 0.743. The second-order valence-electron chi connectivity index (χ2n) is 5.86. The van der Waals surface area contributed by atoms with E-state index >= 15 is 0 Å². The van der Waals surface area contributed by atoms with Crippen LogP contribution in [-0.2, 0) is 4.79 Å². The van der Waals surface area contributed by atoms with Crippen molar-refractivity contribution in [2.45, 2.75) is 37.6 Å². The van der Waals surface area contributed by atoms with Gasteiger partial charge in [-0.2, -0.15) is 11.8 Å². The van der Waals surface area contributed by atoms with Crippen LogP contribution in [0.5, 0.6) is 0 Å². The van der Waals surface area contributed by atoms with Crippen LogP contribution in [0.15, 0.2) is 18.2 Å². The molecular weight excluding hydrogens is 332 g/mol. The van der Waals surface area contributed by atoms with Crippen molar-refractivity contribution in [2.75, 3.05) is 17.3 Å². The zero-order valence-corrected chi connectivity index (χ0v) is 14.8. The summed E-state index contributed by atoms with van der Waals surface area (Å²) in [6.45, 7) is 0. The van der Waals surface area contributed by atoms with Crippen LogP contribution < -0.4 is 11.1 Å². The van der Waals surface area contributed by atoms with Crippen molar-refractivity contribution in [1.29, 1.82) is 0 Å². The molecule has 1 aromatic heterocycles. The van der Waals surface area contributed by atoms with Crippen LogP contribution in [0.3, 0.4) is 0 Å². The second-order valence-corrected chi connectivity index (χ2v) is 6.84. The van der Waals surface area contributed by atoms with Crippen molar-refractivity contribution < 1.29 is 4.79 Å². The molecule has 0 radical (unpaired) electrons. The summed E-state index contributed by atoms with van der Waals surface area (Å²) in [5.41, 5.74) is 8.57. The lowest BCUT2D eigenvalue weighted by atomic mass is 9.85. The predicted octanol–water partition coefficient (Wildman–Crippen LogP) is 3.27.